The summed E-state index contributed by atoms with van der Waals surface area (Å²) in [5, 5.41) is 7.77. The summed E-state index contributed by atoms with van der Waals surface area (Å²) in [5.74, 6) is -0.244. The third kappa shape index (κ3) is 2.84. The van der Waals surface area contributed by atoms with Gasteiger partial charge >= 0.3 is 0 Å². The van der Waals surface area contributed by atoms with Crippen molar-refractivity contribution < 1.29 is 4.39 Å². The summed E-state index contributed by atoms with van der Waals surface area (Å²) in [4.78, 5) is 0. The average Bonchev–Trinajstić information content (AvgIpc) is 2.67. The van der Waals surface area contributed by atoms with Crippen molar-refractivity contribution >= 4 is 0 Å². The topological polar surface area (TPSA) is 29.9 Å². The Morgan fingerprint density at radius 1 is 1.26 bits per heavy atom. The van der Waals surface area contributed by atoms with Gasteiger partial charge in [-0.05, 0) is 51.1 Å². The van der Waals surface area contributed by atoms with E-state index in [0.29, 0.717) is 5.69 Å². The van der Waals surface area contributed by atoms with Crippen LogP contribution < -0.4 is 5.32 Å². The Morgan fingerprint density at radius 3 is 2.68 bits per heavy atom. The summed E-state index contributed by atoms with van der Waals surface area (Å²) >= 11 is 0. The van der Waals surface area contributed by atoms with Gasteiger partial charge in [0.05, 0.1) is 5.69 Å². The molecular formula is C15H20FN3. The molecule has 1 heterocycles. The lowest BCUT2D eigenvalue weighted by Crippen LogP contribution is -2.16. The smallest absolute Gasteiger partial charge is 0.148 e. The number of rotatable bonds is 5. The molecule has 1 aromatic carbocycles. The minimum absolute atomic E-state index is 0.244. The van der Waals surface area contributed by atoms with Crippen LogP contribution in [0.15, 0.2) is 24.3 Å². The summed E-state index contributed by atoms with van der Waals surface area (Å²) in [5.41, 5.74) is 3.70. The van der Waals surface area contributed by atoms with Crippen LogP contribution >= 0.6 is 0 Å². The van der Waals surface area contributed by atoms with E-state index in [1.165, 1.54) is 11.6 Å². The molecule has 19 heavy (non-hydrogen) atoms. The van der Waals surface area contributed by atoms with E-state index in [0.717, 1.165) is 30.9 Å². The molecule has 1 N–H and O–H groups in total. The van der Waals surface area contributed by atoms with Crippen molar-refractivity contribution in [1.29, 1.82) is 0 Å². The molecule has 0 saturated heterocycles. The van der Waals surface area contributed by atoms with Gasteiger partial charge in [0.15, 0.2) is 0 Å². The molecule has 0 spiro atoms. The molecule has 0 atom stereocenters. The molecule has 0 aliphatic rings. The van der Waals surface area contributed by atoms with Crippen LogP contribution in [-0.4, -0.2) is 22.9 Å². The molecule has 0 aliphatic carbocycles. The molecule has 2 aromatic rings. The lowest BCUT2D eigenvalue weighted by molar-refractivity contribution is 0.608. The maximum atomic E-state index is 13.8. The third-order valence-corrected chi connectivity index (χ3v) is 3.32. The molecule has 0 amide bonds. The van der Waals surface area contributed by atoms with Crippen LogP contribution in [0.5, 0.6) is 0 Å². The zero-order valence-corrected chi connectivity index (χ0v) is 11.7. The van der Waals surface area contributed by atoms with Crippen LogP contribution in [0, 0.1) is 19.7 Å². The summed E-state index contributed by atoms with van der Waals surface area (Å²) in [7, 11) is 0. The number of hydrogen-bond acceptors (Lipinski definition) is 2. The normalized spacial score (nSPS) is 10.9. The lowest BCUT2D eigenvalue weighted by atomic mass is 10.1. The van der Waals surface area contributed by atoms with Gasteiger partial charge in [-0.25, -0.2) is 9.07 Å². The van der Waals surface area contributed by atoms with Crippen molar-refractivity contribution in [3.8, 4) is 5.69 Å². The minimum atomic E-state index is -0.244. The Bertz CT molecular complexity index is 561. The second kappa shape index (κ2) is 5.97. The minimum Gasteiger partial charge on any atom is -0.317 e. The van der Waals surface area contributed by atoms with Gasteiger partial charge in [-0.3, -0.25) is 0 Å². The van der Waals surface area contributed by atoms with E-state index >= 15 is 0 Å². The van der Waals surface area contributed by atoms with Crippen LogP contribution in [0.1, 0.15) is 23.9 Å². The molecule has 0 aliphatic heterocycles. The Labute approximate surface area is 113 Å². The highest BCUT2D eigenvalue weighted by Gasteiger charge is 2.14. The van der Waals surface area contributed by atoms with E-state index in [4.69, 9.17) is 0 Å². The van der Waals surface area contributed by atoms with Crippen molar-refractivity contribution in [3.05, 3.63) is 47.0 Å². The highest BCUT2D eigenvalue weighted by molar-refractivity contribution is 5.38. The zero-order chi connectivity index (χ0) is 13.8. The predicted molar refractivity (Wildman–Crippen MR) is 75.2 cm³/mol. The average molecular weight is 261 g/mol. The van der Waals surface area contributed by atoms with Gasteiger partial charge in [0.25, 0.3) is 0 Å². The number of para-hydroxylation sites is 1. The monoisotopic (exact) mass is 261 g/mol. The molecular weight excluding hydrogens is 241 g/mol. The van der Waals surface area contributed by atoms with Gasteiger partial charge in [-0.15, -0.1) is 0 Å². The number of nitrogens with one attached hydrogen (secondary N) is 1. The number of aryl methyl sites for hydroxylation is 1. The maximum Gasteiger partial charge on any atom is 0.148 e. The fourth-order valence-electron chi connectivity index (χ4n) is 2.29. The summed E-state index contributed by atoms with van der Waals surface area (Å²) in [6.45, 7) is 7.93. The summed E-state index contributed by atoms with van der Waals surface area (Å²) < 4.78 is 15.5. The fourth-order valence-corrected chi connectivity index (χ4v) is 2.29. The second-order valence-corrected chi connectivity index (χ2v) is 4.62. The SMILES string of the molecule is CCNCCc1c(C)nn(-c2ccccc2F)c1C. The Balaban J connectivity index is 2.33. The van der Waals surface area contributed by atoms with Gasteiger partial charge in [0.2, 0.25) is 0 Å². The van der Waals surface area contributed by atoms with Crippen LogP contribution in [0.2, 0.25) is 0 Å². The molecule has 0 radical (unpaired) electrons. The van der Waals surface area contributed by atoms with E-state index < -0.39 is 0 Å². The maximum absolute atomic E-state index is 13.8. The van der Waals surface area contributed by atoms with Crippen molar-refractivity contribution in [2.75, 3.05) is 13.1 Å². The first-order valence-electron chi connectivity index (χ1n) is 6.65. The molecule has 4 heteroatoms. The predicted octanol–water partition coefficient (Wildman–Crippen LogP) is 2.78. The van der Waals surface area contributed by atoms with Crippen molar-refractivity contribution in [1.82, 2.24) is 15.1 Å². The highest BCUT2D eigenvalue weighted by Crippen LogP contribution is 2.20. The first-order chi connectivity index (χ1) is 9.15. The first-order valence-corrected chi connectivity index (χ1v) is 6.65. The van der Waals surface area contributed by atoms with Gasteiger partial charge in [0, 0.05) is 5.69 Å². The van der Waals surface area contributed by atoms with Crippen LogP contribution in [0.4, 0.5) is 4.39 Å². The molecule has 0 fully saturated rings. The van der Waals surface area contributed by atoms with Gasteiger partial charge < -0.3 is 5.32 Å². The highest BCUT2D eigenvalue weighted by atomic mass is 19.1. The number of benzene rings is 1. The molecule has 2 rings (SSSR count). The second-order valence-electron chi connectivity index (χ2n) is 4.62. The number of hydrogen-bond donors (Lipinski definition) is 1. The van der Waals surface area contributed by atoms with Crippen molar-refractivity contribution in [3.63, 3.8) is 0 Å². The zero-order valence-electron chi connectivity index (χ0n) is 11.7. The van der Waals surface area contributed by atoms with Gasteiger partial charge in [-0.2, -0.15) is 5.10 Å². The molecule has 102 valence electrons. The number of likely N-dealkylation sites (N-methyl/N-ethyl adjacent to an activating group) is 1. The Hall–Kier alpha value is -1.68. The first kappa shape index (κ1) is 13.7. The van der Waals surface area contributed by atoms with Crippen LogP contribution in [0.3, 0.4) is 0 Å². The molecule has 0 saturated carbocycles. The quantitative estimate of drug-likeness (QED) is 0.839. The largest absolute Gasteiger partial charge is 0.317 e. The van der Waals surface area contributed by atoms with Crippen LogP contribution in [0.25, 0.3) is 5.69 Å². The van der Waals surface area contributed by atoms with Gasteiger partial charge in [-0.1, -0.05) is 19.1 Å². The van der Waals surface area contributed by atoms with E-state index in [1.54, 1.807) is 16.8 Å². The van der Waals surface area contributed by atoms with E-state index in [2.05, 4.69) is 17.3 Å². The van der Waals surface area contributed by atoms with E-state index in [1.807, 2.05) is 19.9 Å². The number of halogens is 1. The summed E-state index contributed by atoms with van der Waals surface area (Å²) in [6.07, 6.45) is 0.917. The van der Waals surface area contributed by atoms with E-state index in [-0.39, 0.29) is 5.82 Å². The van der Waals surface area contributed by atoms with Crippen LogP contribution in [-0.2, 0) is 6.42 Å². The molecule has 0 bridgehead atoms. The number of nitrogens with zero attached hydrogens (tertiary/aromatic N) is 2. The van der Waals surface area contributed by atoms with E-state index in [9.17, 15) is 4.39 Å². The Morgan fingerprint density at radius 2 is 2.00 bits per heavy atom. The molecule has 3 nitrogen and oxygen atoms in total. The number of aromatic nitrogens is 2. The molecule has 0 unspecified atom stereocenters. The lowest BCUT2D eigenvalue weighted by Gasteiger charge is -2.06. The standard InChI is InChI=1S/C15H20FN3/c1-4-17-10-9-13-11(2)18-19(12(13)3)15-8-6-5-7-14(15)16/h5-8,17H,4,9-10H2,1-3H3. The van der Waals surface area contributed by atoms with Crippen molar-refractivity contribution in [2.24, 2.45) is 0 Å². The van der Waals surface area contributed by atoms with Crippen molar-refractivity contribution in [2.45, 2.75) is 27.2 Å². The fraction of sp³-hybridized carbons (Fsp3) is 0.400. The Kier molecular flexibility index (Phi) is 4.32. The third-order valence-electron chi connectivity index (χ3n) is 3.32. The molecule has 1 aromatic heterocycles. The van der Waals surface area contributed by atoms with Gasteiger partial charge in [0.1, 0.15) is 11.5 Å². The summed E-state index contributed by atoms with van der Waals surface area (Å²) in [6, 6.07) is 6.73.